The fourth-order valence-corrected chi connectivity index (χ4v) is 4.16. The van der Waals surface area contributed by atoms with E-state index in [-0.39, 0.29) is 4.87 Å². The number of nitrogens with zero attached hydrogens (tertiary/aromatic N) is 2. The summed E-state index contributed by atoms with van der Waals surface area (Å²) in [6, 6.07) is 6.30. The Morgan fingerprint density at radius 1 is 1.14 bits per heavy atom. The van der Waals surface area contributed by atoms with Crippen molar-refractivity contribution in [1.29, 1.82) is 0 Å². The second kappa shape index (κ2) is 7.25. The van der Waals surface area contributed by atoms with Crippen LogP contribution in [0.1, 0.15) is 38.2 Å². The van der Waals surface area contributed by atoms with Gasteiger partial charge in [-0.25, -0.2) is 0 Å². The highest BCUT2D eigenvalue weighted by Gasteiger charge is 2.12. The molecule has 1 aromatic carbocycles. The largest absolute Gasteiger partial charge is 0.308 e. The van der Waals surface area contributed by atoms with Crippen molar-refractivity contribution >= 4 is 27.6 Å². The minimum Gasteiger partial charge on any atom is -0.302 e. The Bertz CT molecular complexity index is 705. The molecule has 0 N–H and O–H groups in total. The summed E-state index contributed by atoms with van der Waals surface area (Å²) in [7, 11) is 0. The third-order valence-electron chi connectivity index (χ3n) is 4.39. The van der Waals surface area contributed by atoms with Gasteiger partial charge in [0.1, 0.15) is 0 Å². The Morgan fingerprint density at radius 3 is 2.64 bits per heavy atom. The van der Waals surface area contributed by atoms with Crippen LogP contribution in [0.3, 0.4) is 0 Å². The van der Waals surface area contributed by atoms with Crippen molar-refractivity contribution in [3.8, 4) is 0 Å². The number of hydrogen-bond acceptors (Lipinski definition) is 3. The zero-order chi connectivity index (χ0) is 15.4. The van der Waals surface area contributed by atoms with Crippen molar-refractivity contribution in [3.05, 3.63) is 39.5 Å². The number of rotatable bonds is 4. The first kappa shape index (κ1) is 15.5. The van der Waals surface area contributed by atoms with E-state index in [4.69, 9.17) is 0 Å². The molecule has 3 nitrogen and oxygen atoms in total. The van der Waals surface area contributed by atoms with Gasteiger partial charge in [0, 0.05) is 13.1 Å². The van der Waals surface area contributed by atoms with Crippen LogP contribution in [0.15, 0.2) is 29.1 Å². The Balaban J connectivity index is 1.78. The number of likely N-dealkylation sites (tertiary alicyclic amines) is 1. The summed E-state index contributed by atoms with van der Waals surface area (Å²) < 4.78 is 3.04. The lowest BCUT2D eigenvalue weighted by atomic mass is 10.2. The molecule has 22 heavy (non-hydrogen) atoms. The molecule has 0 bridgehead atoms. The van der Waals surface area contributed by atoms with Gasteiger partial charge >= 0.3 is 4.87 Å². The lowest BCUT2D eigenvalue weighted by molar-refractivity contribution is 0.274. The van der Waals surface area contributed by atoms with E-state index in [0.29, 0.717) is 0 Å². The van der Waals surface area contributed by atoms with Crippen molar-refractivity contribution in [1.82, 2.24) is 9.47 Å². The maximum atomic E-state index is 12.3. The van der Waals surface area contributed by atoms with E-state index >= 15 is 0 Å². The molecule has 0 atom stereocenters. The van der Waals surface area contributed by atoms with Gasteiger partial charge in [-0.2, -0.15) is 0 Å². The summed E-state index contributed by atoms with van der Waals surface area (Å²) >= 11 is 1.36. The maximum absolute atomic E-state index is 12.3. The van der Waals surface area contributed by atoms with Gasteiger partial charge in [0.2, 0.25) is 0 Å². The summed E-state index contributed by atoms with van der Waals surface area (Å²) in [6.45, 7) is 6.17. The minimum atomic E-state index is 0.169. The van der Waals surface area contributed by atoms with E-state index in [1.54, 1.807) is 0 Å². The zero-order valence-corrected chi connectivity index (χ0v) is 14.1. The summed E-state index contributed by atoms with van der Waals surface area (Å²) in [4.78, 5) is 15.0. The molecule has 3 rings (SSSR count). The quantitative estimate of drug-likeness (QED) is 0.852. The molecule has 1 fully saturated rings. The van der Waals surface area contributed by atoms with Crippen LogP contribution < -0.4 is 4.87 Å². The van der Waals surface area contributed by atoms with Crippen molar-refractivity contribution in [2.24, 2.45) is 0 Å². The van der Waals surface area contributed by atoms with Crippen molar-refractivity contribution in [2.75, 3.05) is 19.6 Å². The monoisotopic (exact) mass is 316 g/mol. The fraction of sp³-hybridized carbons (Fsp3) is 0.500. The maximum Gasteiger partial charge on any atom is 0.308 e. The highest BCUT2D eigenvalue weighted by atomic mass is 32.1. The summed E-state index contributed by atoms with van der Waals surface area (Å²) in [5, 5.41) is 0. The summed E-state index contributed by atoms with van der Waals surface area (Å²) in [5.74, 6) is 0. The molecule has 118 valence electrons. The lowest BCUT2D eigenvalue weighted by Crippen LogP contribution is -2.30. The molecule has 1 aliphatic rings. The van der Waals surface area contributed by atoms with E-state index in [9.17, 15) is 4.79 Å². The number of hydrogen-bond donors (Lipinski definition) is 0. The van der Waals surface area contributed by atoms with E-state index < -0.39 is 0 Å². The zero-order valence-electron chi connectivity index (χ0n) is 13.3. The van der Waals surface area contributed by atoms with Crippen LogP contribution in [0.5, 0.6) is 0 Å². The second-order valence-electron chi connectivity index (χ2n) is 6.00. The number of aromatic nitrogens is 1. The van der Waals surface area contributed by atoms with Crippen molar-refractivity contribution in [2.45, 2.75) is 39.2 Å². The third-order valence-corrected chi connectivity index (χ3v) is 5.33. The predicted octanol–water partition coefficient (Wildman–Crippen LogP) is 3.97. The molecular formula is C18H24N2OS. The van der Waals surface area contributed by atoms with Crippen molar-refractivity contribution in [3.63, 3.8) is 0 Å². The van der Waals surface area contributed by atoms with Gasteiger partial charge in [-0.3, -0.25) is 9.36 Å². The van der Waals surface area contributed by atoms with Crippen LogP contribution in [-0.4, -0.2) is 29.1 Å². The van der Waals surface area contributed by atoms with Crippen LogP contribution in [-0.2, 0) is 6.54 Å². The Kier molecular flexibility index (Phi) is 5.11. The van der Waals surface area contributed by atoms with E-state index in [2.05, 4.69) is 29.2 Å². The fourth-order valence-electron chi connectivity index (χ4n) is 3.19. The van der Waals surface area contributed by atoms with Gasteiger partial charge in [-0.1, -0.05) is 42.4 Å². The summed E-state index contributed by atoms with van der Waals surface area (Å²) in [6.07, 6.45) is 9.40. The molecule has 0 amide bonds. The molecule has 1 aliphatic heterocycles. The molecule has 2 heterocycles. The molecule has 0 spiro atoms. The van der Waals surface area contributed by atoms with Crippen LogP contribution in [0.25, 0.3) is 16.3 Å². The molecule has 1 saturated heterocycles. The van der Waals surface area contributed by atoms with Gasteiger partial charge in [0.25, 0.3) is 0 Å². The number of thiazole rings is 1. The molecular weight excluding hydrogens is 292 g/mol. The predicted molar refractivity (Wildman–Crippen MR) is 95.7 cm³/mol. The standard InChI is InChI=1S/C18H24N2OS/c1-2-7-15-8-9-16-17(14-15)22-18(21)20(16)13-12-19-10-5-3-4-6-11-19/h2,7-9,14H,3-6,10-13H2,1H3. The van der Waals surface area contributed by atoms with Crippen LogP contribution in [0.4, 0.5) is 0 Å². The minimum absolute atomic E-state index is 0.169. The average Bonchev–Trinajstić information content (AvgIpc) is 2.68. The first-order valence-corrected chi connectivity index (χ1v) is 9.08. The van der Waals surface area contributed by atoms with E-state index in [0.717, 1.165) is 28.9 Å². The van der Waals surface area contributed by atoms with Gasteiger partial charge in [-0.15, -0.1) is 0 Å². The highest BCUT2D eigenvalue weighted by molar-refractivity contribution is 7.16. The Labute approximate surface area is 135 Å². The smallest absolute Gasteiger partial charge is 0.302 e. The molecule has 2 aromatic rings. The van der Waals surface area contributed by atoms with E-state index in [1.165, 1.54) is 50.1 Å². The number of fused-ring (bicyclic) bond motifs is 1. The first-order valence-electron chi connectivity index (χ1n) is 8.26. The van der Waals surface area contributed by atoms with Crippen LogP contribution >= 0.6 is 11.3 Å². The normalized spacial score (nSPS) is 17.3. The van der Waals surface area contributed by atoms with Gasteiger partial charge < -0.3 is 4.90 Å². The van der Waals surface area contributed by atoms with Gasteiger partial charge in [-0.05, 0) is 50.6 Å². The van der Waals surface area contributed by atoms with Crippen LogP contribution in [0, 0.1) is 0 Å². The van der Waals surface area contributed by atoms with Crippen molar-refractivity contribution < 1.29 is 0 Å². The van der Waals surface area contributed by atoms with Gasteiger partial charge in [0.15, 0.2) is 0 Å². The second-order valence-corrected chi connectivity index (χ2v) is 7.00. The molecule has 0 aliphatic carbocycles. The third kappa shape index (κ3) is 3.50. The first-order chi connectivity index (χ1) is 10.8. The molecule has 1 aromatic heterocycles. The summed E-state index contributed by atoms with van der Waals surface area (Å²) in [5.41, 5.74) is 2.24. The number of benzene rings is 1. The average molecular weight is 316 g/mol. The highest BCUT2D eigenvalue weighted by Crippen LogP contribution is 2.20. The van der Waals surface area contributed by atoms with E-state index in [1.807, 2.05) is 17.6 Å². The van der Waals surface area contributed by atoms with Crippen LogP contribution in [0.2, 0.25) is 0 Å². The molecule has 0 saturated carbocycles. The topological polar surface area (TPSA) is 25.2 Å². The van der Waals surface area contributed by atoms with Gasteiger partial charge in [0.05, 0.1) is 10.2 Å². The molecule has 4 heteroatoms. The Hall–Kier alpha value is -1.39. The number of allylic oxidation sites excluding steroid dienone is 1. The Morgan fingerprint density at radius 2 is 1.91 bits per heavy atom. The SMILES string of the molecule is CC=Cc1ccc2c(c1)sc(=O)n2CCN1CCCCCC1. The lowest BCUT2D eigenvalue weighted by Gasteiger charge is -2.19. The molecule has 0 unspecified atom stereocenters. The molecule has 0 radical (unpaired) electrons.